The van der Waals surface area contributed by atoms with Gasteiger partial charge in [0.05, 0.1) is 6.54 Å². The molecule has 1 aromatic carbocycles. The van der Waals surface area contributed by atoms with Crippen LogP contribution in [0.5, 0.6) is 0 Å². The molecule has 2 aromatic heterocycles. The molecular weight excluding hydrogens is 396 g/mol. The molecular formula is C18H20N6O2S2. The molecule has 0 saturated carbocycles. The molecule has 0 aliphatic carbocycles. The largest absolute Gasteiger partial charge is 0.345 e. The first-order valence-electron chi connectivity index (χ1n) is 8.54. The summed E-state index contributed by atoms with van der Waals surface area (Å²) in [6.07, 6.45) is 1.70. The molecule has 2 heterocycles. The molecule has 0 spiro atoms. The Bertz CT molecular complexity index is 1080. The lowest BCUT2D eigenvalue weighted by Crippen LogP contribution is -2.25. The number of nitrogens with zero attached hydrogens (tertiary/aromatic N) is 4. The number of anilines is 1. The van der Waals surface area contributed by atoms with Crippen LogP contribution in [0.3, 0.4) is 0 Å². The average molecular weight is 417 g/mol. The monoisotopic (exact) mass is 416 g/mol. The minimum atomic E-state index is -0.265. The summed E-state index contributed by atoms with van der Waals surface area (Å²) >= 11 is 6.75. The molecule has 0 saturated heterocycles. The Morgan fingerprint density at radius 1 is 1.25 bits per heavy atom. The maximum absolute atomic E-state index is 12.4. The number of hydrogen-bond acceptors (Lipinski definition) is 6. The minimum Gasteiger partial charge on any atom is -0.345 e. The third-order valence-electron chi connectivity index (χ3n) is 4.09. The number of thiazole rings is 1. The van der Waals surface area contributed by atoms with Gasteiger partial charge >= 0.3 is 0 Å². The van der Waals surface area contributed by atoms with Gasteiger partial charge in [-0.3, -0.25) is 9.59 Å². The van der Waals surface area contributed by atoms with Gasteiger partial charge in [0.25, 0.3) is 5.91 Å². The van der Waals surface area contributed by atoms with Gasteiger partial charge < -0.3 is 15.2 Å². The zero-order valence-corrected chi connectivity index (χ0v) is 17.4. The van der Waals surface area contributed by atoms with Crippen LogP contribution in [0.25, 0.3) is 0 Å². The topological polar surface area (TPSA) is 93.8 Å². The summed E-state index contributed by atoms with van der Waals surface area (Å²) in [4.78, 5) is 29.7. The first-order chi connectivity index (χ1) is 13.3. The molecule has 2 N–H and O–H groups in total. The normalized spacial score (nSPS) is 10.7. The Morgan fingerprint density at radius 3 is 2.68 bits per heavy atom. The molecule has 28 heavy (non-hydrogen) atoms. The number of aryl methyl sites for hydroxylation is 2. The van der Waals surface area contributed by atoms with E-state index >= 15 is 0 Å². The van der Waals surface area contributed by atoms with Crippen LogP contribution in [-0.4, -0.2) is 31.1 Å². The van der Waals surface area contributed by atoms with Gasteiger partial charge in [0, 0.05) is 23.7 Å². The summed E-state index contributed by atoms with van der Waals surface area (Å²) in [5, 5.41) is 10.5. The number of nitrogens with one attached hydrogen (secondary N) is 2. The summed E-state index contributed by atoms with van der Waals surface area (Å²) < 4.78 is 3.50. The summed E-state index contributed by atoms with van der Waals surface area (Å²) in [5.74, 6) is 0.110. The number of benzene rings is 1. The van der Waals surface area contributed by atoms with Gasteiger partial charge in [0.1, 0.15) is 6.54 Å². The lowest BCUT2D eigenvalue weighted by Gasteiger charge is -2.06. The highest BCUT2D eigenvalue weighted by molar-refractivity contribution is 7.71. The molecule has 3 rings (SSSR count). The van der Waals surface area contributed by atoms with E-state index < -0.39 is 0 Å². The van der Waals surface area contributed by atoms with Crippen molar-refractivity contribution in [3.05, 3.63) is 57.1 Å². The van der Waals surface area contributed by atoms with Crippen LogP contribution >= 0.6 is 23.6 Å². The fraction of sp³-hybridized carbons (Fsp3) is 0.278. The number of hydrogen-bond donors (Lipinski definition) is 2. The van der Waals surface area contributed by atoms with Crippen LogP contribution in [0.15, 0.2) is 30.5 Å². The van der Waals surface area contributed by atoms with Crippen molar-refractivity contribution < 1.29 is 9.59 Å². The van der Waals surface area contributed by atoms with E-state index in [0.29, 0.717) is 21.3 Å². The van der Waals surface area contributed by atoms with Crippen LogP contribution in [-0.2, 0) is 24.9 Å². The zero-order valence-electron chi connectivity index (χ0n) is 15.7. The van der Waals surface area contributed by atoms with Crippen LogP contribution < -0.4 is 10.6 Å². The molecule has 3 aromatic rings. The highest BCUT2D eigenvalue weighted by Gasteiger charge is 2.14. The second-order valence-corrected chi connectivity index (χ2v) is 7.84. The van der Waals surface area contributed by atoms with Crippen molar-refractivity contribution in [2.75, 3.05) is 5.32 Å². The first kappa shape index (κ1) is 19.9. The Balaban J connectivity index is 1.65. The summed E-state index contributed by atoms with van der Waals surface area (Å²) in [5.41, 5.74) is 1.51. The van der Waals surface area contributed by atoms with Crippen LogP contribution in [0.2, 0.25) is 0 Å². The number of rotatable bonds is 6. The third kappa shape index (κ3) is 4.52. The first-order valence-corrected chi connectivity index (χ1v) is 9.76. The van der Waals surface area contributed by atoms with E-state index in [-0.39, 0.29) is 24.9 Å². The Hall–Kier alpha value is -2.85. The van der Waals surface area contributed by atoms with E-state index in [1.807, 2.05) is 32.0 Å². The molecule has 10 heteroatoms. The van der Waals surface area contributed by atoms with Crippen molar-refractivity contribution in [3.63, 3.8) is 0 Å². The van der Waals surface area contributed by atoms with Crippen molar-refractivity contribution in [2.24, 2.45) is 7.05 Å². The van der Waals surface area contributed by atoms with E-state index in [4.69, 9.17) is 12.2 Å². The molecule has 146 valence electrons. The fourth-order valence-electron chi connectivity index (χ4n) is 2.58. The number of aromatic nitrogens is 4. The molecule has 0 aliphatic heterocycles. The van der Waals surface area contributed by atoms with Gasteiger partial charge in [-0.15, -0.1) is 11.3 Å². The summed E-state index contributed by atoms with van der Waals surface area (Å²) in [6, 6.07) is 7.36. The van der Waals surface area contributed by atoms with Crippen molar-refractivity contribution in [1.82, 2.24) is 24.6 Å². The van der Waals surface area contributed by atoms with E-state index in [9.17, 15) is 9.59 Å². The molecule has 8 nitrogen and oxygen atoms in total. The molecule has 0 bridgehead atoms. The predicted octanol–water partition coefficient (Wildman–Crippen LogP) is 2.59. The van der Waals surface area contributed by atoms with E-state index in [1.54, 1.807) is 23.9 Å². The van der Waals surface area contributed by atoms with E-state index in [1.165, 1.54) is 16.0 Å². The number of amides is 2. The molecule has 0 aliphatic rings. The van der Waals surface area contributed by atoms with Crippen LogP contribution in [0.4, 0.5) is 5.13 Å². The van der Waals surface area contributed by atoms with Crippen molar-refractivity contribution in [1.29, 1.82) is 0 Å². The second-order valence-electron chi connectivity index (χ2n) is 6.24. The zero-order chi connectivity index (χ0) is 20.3. The molecule has 0 radical (unpaired) electrons. The Morgan fingerprint density at radius 2 is 2.00 bits per heavy atom. The minimum absolute atomic E-state index is 0.0307. The maximum Gasteiger partial charge on any atom is 0.251 e. The average Bonchev–Trinajstić information content (AvgIpc) is 3.18. The van der Waals surface area contributed by atoms with Crippen LogP contribution in [0.1, 0.15) is 26.6 Å². The van der Waals surface area contributed by atoms with E-state index in [0.717, 1.165) is 10.4 Å². The quantitative estimate of drug-likeness (QED) is 0.603. The molecule has 0 atom stereocenters. The third-order valence-corrected chi connectivity index (χ3v) is 5.40. The van der Waals surface area contributed by atoms with Gasteiger partial charge in [-0.25, -0.2) is 9.67 Å². The van der Waals surface area contributed by atoms with Gasteiger partial charge in [-0.2, -0.15) is 5.10 Å². The fourth-order valence-corrected chi connectivity index (χ4v) is 3.47. The number of carbonyl (C=O) groups is 2. The van der Waals surface area contributed by atoms with Gasteiger partial charge in [-0.1, -0.05) is 18.2 Å². The van der Waals surface area contributed by atoms with Crippen molar-refractivity contribution in [3.8, 4) is 0 Å². The maximum atomic E-state index is 12.4. The Kier molecular flexibility index (Phi) is 6.00. The lowest BCUT2D eigenvalue weighted by atomic mass is 10.1. The predicted molar refractivity (Wildman–Crippen MR) is 110 cm³/mol. The molecule has 0 fully saturated rings. The summed E-state index contributed by atoms with van der Waals surface area (Å²) in [6.45, 7) is 3.97. The molecule has 2 amide bonds. The van der Waals surface area contributed by atoms with Gasteiger partial charge in [0.2, 0.25) is 5.91 Å². The van der Waals surface area contributed by atoms with Crippen molar-refractivity contribution in [2.45, 2.75) is 26.9 Å². The van der Waals surface area contributed by atoms with E-state index in [2.05, 4.69) is 20.7 Å². The second kappa shape index (κ2) is 8.44. The number of carbonyl (C=O) groups excluding carboxylic acids is 2. The standard InChI is InChI=1S/C18H20N6O2S2/c1-11-6-4-5-7-13(11)16(26)19-9-14-22-24(18(27)23(14)3)10-15(25)21-17-20-8-12(2)28-17/h4-8H,9-10H2,1-3H3,(H,19,26)(H,20,21,25). The van der Waals surface area contributed by atoms with Crippen LogP contribution in [0, 0.1) is 18.6 Å². The highest BCUT2D eigenvalue weighted by atomic mass is 32.1. The highest BCUT2D eigenvalue weighted by Crippen LogP contribution is 2.16. The SMILES string of the molecule is Cc1cnc(NC(=O)Cn2nc(CNC(=O)c3ccccc3C)n(C)c2=S)s1. The van der Waals surface area contributed by atoms with Gasteiger partial charge in [-0.05, 0) is 37.7 Å². The lowest BCUT2D eigenvalue weighted by molar-refractivity contribution is -0.116. The van der Waals surface area contributed by atoms with Gasteiger partial charge in [0.15, 0.2) is 15.7 Å². The smallest absolute Gasteiger partial charge is 0.251 e. The molecule has 0 unspecified atom stereocenters. The Labute approximate surface area is 171 Å². The summed E-state index contributed by atoms with van der Waals surface area (Å²) in [7, 11) is 1.75. The van der Waals surface area contributed by atoms with Crippen molar-refractivity contribution >= 4 is 40.5 Å².